The Kier molecular flexibility index (Phi) is 6.15. The average Bonchev–Trinajstić information content (AvgIpc) is 2.32. The summed E-state index contributed by atoms with van der Waals surface area (Å²) in [6, 6.07) is 7.59. The van der Waals surface area contributed by atoms with Crippen LogP contribution in [0.25, 0.3) is 0 Å². The van der Waals surface area contributed by atoms with Crippen molar-refractivity contribution in [3.05, 3.63) is 35.4 Å². The van der Waals surface area contributed by atoms with Crippen LogP contribution in [0.5, 0.6) is 0 Å². The normalized spacial score (nSPS) is 11.8. The van der Waals surface area contributed by atoms with E-state index in [-0.39, 0.29) is 13.2 Å². The number of ether oxygens (including phenoxy) is 1. The molecule has 0 fully saturated rings. The van der Waals surface area contributed by atoms with Gasteiger partial charge in [0.2, 0.25) is 0 Å². The van der Waals surface area contributed by atoms with E-state index in [4.69, 9.17) is 4.74 Å². The largest absolute Gasteiger partial charge is 0.391 e. The smallest absolute Gasteiger partial charge is 0.376 e. The van der Waals surface area contributed by atoms with Gasteiger partial charge in [-0.05, 0) is 17.7 Å². The summed E-state index contributed by atoms with van der Waals surface area (Å²) in [4.78, 5) is 0. The lowest BCUT2D eigenvalue weighted by Crippen LogP contribution is -2.14. The van der Waals surface area contributed by atoms with Gasteiger partial charge in [-0.3, -0.25) is 0 Å². The molecule has 1 aromatic carbocycles. The predicted molar refractivity (Wildman–Crippen MR) is 64.2 cm³/mol. The third-order valence-electron chi connectivity index (χ3n) is 2.47. The molecular formula is C13H18F3NO. The highest BCUT2D eigenvalue weighted by atomic mass is 19.4. The Morgan fingerprint density at radius 1 is 1.17 bits per heavy atom. The minimum atomic E-state index is -4.15. The Labute approximate surface area is 105 Å². The van der Waals surface area contributed by atoms with Gasteiger partial charge < -0.3 is 10.1 Å². The van der Waals surface area contributed by atoms with E-state index in [9.17, 15) is 13.2 Å². The number of hydrogen-bond acceptors (Lipinski definition) is 2. The summed E-state index contributed by atoms with van der Waals surface area (Å²) in [6.07, 6.45) is -5.05. The van der Waals surface area contributed by atoms with Gasteiger partial charge in [0, 0.05) is 6.54 Å². The molecule has 1 N–H and O–H groups in total. The molecule has 2 nitrogen and oxygen atoms in total. The topological polar surface area (TPSA) is 21.3 Å². The Morgan fingerprint density at radius 3 is 2.44 bits per heavy atom. The summed E-state index contributed by atoms with van der Waals surface area (Å²) in [5, 5.41) is 3.18. The van der Waals surface area contributed by atoms with Gasteiger partial charge in [0.25, 0.3) is 0 Å². The number of hydrogen-bond donors (Lipinski definition) is 1. The third kappa shape index (κ3) is 6.02. The molecule has 0 bridgehead atoms. The van der Waals surface area contributed by atoms with E-state index < -0.39 is 12.6 Å². The van der Waals surface area contributed by atoms with Gasteiger partial charge in [0.15, 0.2) is 0 Å². The lowest BCUT2D eigenvalue weighted by Gasteiger charge is -2.11. The van der Waals surface area contributed by atoms with Crippen LogP contribution in [0, 0.1) is 0 Å². The van der Waals surface area contributed by atoms with Crippen LogP contribution in [0.15, 0.2) is 24.3 Å². The predicted octanol–water partition coefficient (Wildman–Crippen LogP) is 3.27. The van der Waals surface area contributed by atoms with Crippen LogP contribution in [0.2, 0.25) is 0 Å². The SMILES string of the molecule is CCNCc1ccccc1COCCC(F)(F)F. The van der Waals surface area contributed by atoms with Crippen LogP contribution >= 0.6 is 0 Å². The van der Waals surface area contributed by atoms with E-state index in [0.717, 1.165) is 17.7 Å². The van der Waals surface area contributed by atoms with E-state index in [2.05, 4.69) is 5.32 Å². The summed E-state index contributed by atoms with van der Waals surface area (Å²) >= 11 is 0. The van der Waals surface area contributed by atoms with Gasteiger partial charge >= 0.3 is 6.18 Å². The van der Waals surface area contributed by atoms with Crippen LogP contribution in [-0.2, 0) is 17.9 Å². The summed E-state index contributed by atoms with van der Waals surface area (Å²) in [7, 11) is 0. The van der Waals surface area contributed by atoms with Crippen molar-refractivity contribution in [1.82, 2.24) is 5.32 Å². The fraction of sp³-hybridized carbons (Fsp3) is 0.538. The Balaban J connectivity index is 2.41. The number of rotatable bonds is 7. The molecule has 0 aliphatic carbocycles. The zero-order chi connectivity index (χ0) is 13.4. The van der Waals surface area contributed by atoms with Crippen molar-refractivity contribution in [3.8, 4) is 0 Å². The van der Waals surface area contributed by atoms with E-state index >= 15 is 0 Å². The van der Waals surface area contributed by atoms with Gasteiger partial charge in [-0.1, -0.05) is 31.2 Å². The van der Waals surface area contributed by atoms with E-state index in [1.807, 2.05) is 31.2 Å². The zero-order valence-corrected chi connectivity index (χ0v) is 10.4. The molecular weight excluding hydrogens is 243 g/mol. The molecule has 1 rings (SSSR count). The average molecular weight is 261 g/mol. The molecule has 0 aliphatic rings. The molecule has 18 heavy (non-hydrogen) atoms. The van der Waals surface area contributed by atoms with Crippen molar-refractivity contribution in [2.75, 3.05) is 13.2 Å². The van der Waals surface area contributed by atoms with Crippen LogP contribution in [0.1, 0.15) is 24.5 Å². The highest BCUT2D eigenvalue weighted by Crippen LogP contribution is 2.19. The van der Waals surface area contributed by atoms with Crippen molar-refractivity contribution in [1.29, 1.82) is 0 Å². The molecule has 0 aromatic heterocycles. The third-order valence-corrected chi connectivity index (χ3v) is 2.47. The van der Waals surface area contributed by atoms with Gasteiger partial charge in [0.1, 0.15) is 0 Å². The first-order valence-corrected chi connectivity index (χ1v) is 5.95. The van der Waals surface area contributed by atoms with Gasteiger partial charge in [-0.15, -0.1) is 0 Å². The van der Waals surface area contributed by atoms with Crippen molar-refractivity contribution in [2.24, 2.45) is 0 Å². The summed E-state index contributed by atoms with van der Waals surface area (Å²) < 4.78 is 40.9. The van der Waals surface area contributed by atoms with Gasteiger partial charge in [-0.25, -0.2) is 0 Å². The van der Waals surface area contributed by atoms with Gasteiger partial charge in [0.05, 0.1) is 19.6 Å². The van der Waals surface area contributed by atoms with E-state index in [1.54, 1.807) is 0 Å². The zero-order valence-electron chi connectivity index (χ0n) is 10.4. The molecule has 0 radical (unpaired) electrons. The molecule has 0 amide bonds. The van der Waals surface area contributed by atoms with Crippen molar-refractivity contribution >= 4 is 0 Å². The minimum Gasteiger partial charge on any atom is -0.376 e. The molecule has 0 spiro atoms. The molecule has 1 aromatic rings. The Bertz CT molecular complexity index is 352. The fourth-order valence-electron chi connectivity index (χ4n) is 1.50. The number of halogens is 3. The number of nitrogens with one attached hydrogen (secondary N) is 1. The summed E-state index contributed by atoms with van der Waals surface area (Å²) in [5.41, 5.74) is 1.99. The fourth-order valence-corrected chi connectivity index (χ4v) is 1.50. The maximum absolute atomic E-state index is 11.9. The van der Waals surface area contributed by atoms with Crippen LogP contribution in [0.3, 0.4) is 0 Å². The lowest BCUT2D eigenvalue weighted by atomic mass is 10.1. The number of benzene rings is 1. The van der Waals surface area contributed by atoms with Crippen LogP contribution in [-0.4, -0.2) is 19.3 Å². The molecule has 0 atom stereocenters. The number of alkyl halides is 3. The van der Waals surface area contributed by atoms with E-state index in [1.165, 1.54) is 0 Å². The highest BCUT2D eigenvalue weighted by molar-refractivity contribution is 5.26. The molecule has 0 aliphatic heterocycles. The minimum absolute atomic E-state index is 0.220. The van der Waals surface area contributed by atoms with Crippen molar-refractivity contribution < 1.29 is 17.9 Å². The molecule has 0 saturated heterocycles. The first-order valence-electron chi connectivity index (χ1n) is 5.95. The lowest BCUT2D eigenvalue weighted by molar-refractivity contribution is -0.146. The monoisotopic (exact) mass is 261 g/mol. The maximum atomic E-state index is 11.9. The van der Waals surface area contributed by atoms with E-state index in [0.29, 0.717) is 6.54 Å². The Hall–Kier alpha value is -1.07. The second-order valence-corrected chi connectivity index (χ2v) is 3.97. The second-order valence-electron chi connectivity index (χ2n) is 3.97. The molecule has 0 heterocycles. The van der Waals surface area contributed by atoms with Crippen LogP contribution in [0.4, 0.5) is 13.2 Å². The Morgan fingerprint density at radius 2 is 1.83 bits per heavy atom. The highest BCUT2D eigenvalue weighted by Gasteiger charge is 2.26. The molecule has 102 valence electrons. The van der Waals surface area contributed by atoms with Crippen molar-refractivity contribution in [3.63, 3.8) is 0 Å². The summed E-state index contributed by atoms with van der Waals surface area (Å²) in [6.45, 7) is 3.48. The second kappa shape index (κ2) is 7.38. The van der Waals surface area contributed by atoms with Gasteiger partial charge in [-0.2, -0.15) is 13.2 Å². The molecule has 5 heteroatoms. The molecule has 0 saturated carbocycles. The maximum Gasteiger partial charge on any atom is 0.391 e. The first-order chi connectivity index (χ1) is 8.53. The van der Waals surface area contributed by atoms with Crippen molar-refractivity contribution in [2.45, 2.75) is 32.7 Å². The molecule has 0 unspecified atom stereocenters. The van der Waals surface area contributed by atoms with Crippen LogP contribution < -0.4 is 5.32 Å². The first kappa shape index (κ1) is 15.0. The standard InChI is InChI=1S/C13H18F3NO/c1-2-17-9-11-5-3-4-6-12(11)10-18-8-7-13(14,15)16/h3-6,17H,2,7-10H2,1H3. The summed E-state index contributed by atoms with van der Waals surface area (Å²) in [5.74, 6) is 0. The quantitative estimate of drug-likeness (QED) is 0.761.